The molecule has 23 heavy (non-hydrogen) atoms. The molecule has 2 aromatic heterocycles. The van der Waals surface area contributed by atoms with Crippen molar-refractivity contribution in [3.63, 3.8) is 0 Å². The molecule has 0 aliphatic heterocycles. The molecule has 0 spiro atoms. The number of pyridine rings is 1. The van der Waals surface area contributed by atoms with E-state index in [4.69, 9.17) is 0 Å². The fourth-order valence-electron chi connectivity index (χ4n) is 1.62. The van der Waals surface area contributed by atoms with Crippen LogP contribution in [0.3, 0.4) is 0 Å². The van der Waals surface area contributed by atoms with Crippen molar-refractivity contribution in [2.45, 2.75) is 12.5 Å². The molecule has 0 aromatic carbocycles. The molecular weight excluding hydrogens is 330 g/mol. The monoisotopic (exact) mass is 338 g/mol. The molecular formula is C12H8F6N4O. The number of alkyl halides is 6. The largest absolute Gasteiger partial charge is 0.573 e. The van der Waals surface area contributed by atoms with Gasteiger partial charge >= 0.3 is 12.5 Å². The number of nitrogens with zero attached hydrogens (tertiary/aromatic N) is 3. The fraction of sp³-hybridized carbons (Fsp3) is 0.250. The number of rotatable bonds is 3. The van der Waals surface area contributed by atoms with Gasteiger partial charge in [-0.3, -0.25) is 0 Å². The second kappa shape index (κ2) is 5.89. The Hall–Kier alpha value is -2.59. The van der Waals surface area contributed by atoms with Crippen LogP contribution >= 0.6 is 0 Å². The van der Waals surface area contributed by atoms with Crippen LogP contribution in [0.25, 0.3) is 11.1 Å². The van der Waals surface area contributed by atoms with Crippen molar-refractivity contribution in [3.8, 4) is 16.9 Å². The van der Waals surface area contributed by atoms with Crippen LogP contribution < -0.4 is 10.1 Å². The summed E-state index contributed by atoms with van der Waals surface area (Å²) in [5.41, 5.74) is -0.244. The molecule has 0 saturated heterocycles. The van der Waals surface area contributed by atoms with E-state index in [2.05, 4.69) is 25.0 Å². The molecule has 1 N–H and O–H groups in total. The molecule has 124 valence electrons. The summed E-state index contributed by atoms with van der Waals surface area (Å²) in [6.45, 7) is 0. The highest BCUT2D eigenvalue weighted by Crippen LogP contribution is 2.35. The van der Waals surface area contributed by atoms with Crippen molar-refractivity contribution in [2.24, 2.45) is 0 Å². The second-order valence-electron chi connectivity index (χ2n) is 4.16. The first-order chi connectivity index (χ1) is 10.6. The zero-order valence-corrected chi connectivity index (χ0v) is 11.3. The Bertz CT molecular complexity index is 683. The number of anilines is 1. The van der Waals surface area contributed by atoms with Crippen LogP contribution in [-0.2, 0) is 6.18 Å². The van der Waals surface area contributed by atoms with Crippen LogP contribution in [0.2, 0.25) is 0 Å². The van der Waals surface area contributed by atoms with Crippen molar-refractivity contribution in [1.29, 1.82) is 0 Å². The molecule has 0 radical (unpaired) electrons. The smallest absolute Gasteiger partial charge is 0.403 e. The minimum Gasteiger partial charge on any atom is -0.403 e. The van der Waals surface area contributed by atoms with Crippen LogP contribution in [0.5, 0.6) is 5.75 Å². The van der Waals surface area contributed by atoms with Gasteiger partial charge in [0.15, 0.2) is 5.75 Å². The zero-order chi connectivity index (χ0) is 17.3. The number of hydrogen-bond donors (Lipinski definition) is 1. The molecule has 0 saturated carbocycles. The van der Waals surface area contributed by atoms with E-state index in [0.717, 1.165) is 18.6 Å². The molecule has 0 atom stereocenters. The van der Waals surface area contributed by atoms with E-state index in [1.165, 1.54) is 13.1 Å². The Kier molecular flexibility index (Phi) is 4.30. The topological polar surface area (TPSA) is 59.9 Å². The summed E-state index contributed by atoms with van der Waals surface area (Å²) in [6, 6.07) is 1.17. The first-order valence-electron chi connectivity index (χ1n) is 5.93. The number of halogens is 6. The first-order valence-corrected chi connectivity index (χ1v) is 5.93. The lowest BCUT2D eigenvalue weighted by Gasteiger charge is -2.14. The summed E-state index contributed by atoms with van der Waals surface area (Å²) >= 11 is 0. The van der Waals surface area contributed by atoms with E-state index in [-0.39, 0.29) is 16.9 Å². The third kappa shape index (κ3) is 4.20. The molecule has 0 unspecified atom stereocenters. The van der Waals surface area contributed by atoms with Crippen molar-refractivity contribution >= 4 is 5.82 Å². The lowest BCUT2D eigenvalue weighted by Crippen LogP contribution is -2.18. The number of nitrogens with one attached hydrogen (secondary N) is 1. The Balaban J connectivity index is 2.47. The molecule has 2 rings (SSSR count). The zero-order valence-electron chi connectivity index (χ0n) is 11.3. The summed E-state index contributed by atoms with van der Waals surface area (Å²) in [5.74, 6) is -1.89. The van der Waals surface area contributed by atoms with Gasteiger partial charge in [-0.05, 0) is 6.07 Å². The molecule has 0 amide bonds. The van der Waals surface area contributed by atoms with Crippen LogP contribution in [0.1, 0.15) is 5.82 Å². The van der Waals surface area contributed by atoms with Gasteiger partial charge in [0.05, 0.1) is 6.20 Å². The molecule has 0 bridgehead atoms. The summed E-state index contributed by atoms with van der Waals surface area (Å²) < 4.78 is 78.3. The lowest BCUT2D eigenvalue weighted by atomic mass is 10.1. The SMILES string of the molecule is CNc1cc(-c2cnc(C(F)(F)F)nc2)c(OC(F)(F)F)cn1. The second-order valence-corrected chi connectivity index (χ2v) is 4.16. The predicted molar refractivity (Wildman–Crippen MR) is 66.5 cm³/mol. The fourth-order valence-corrected chi connectivity index (χ4v) is 1.62. The Morgan fingerprint density at radius 3 is 2.04 bits per heavy atom. The summed E-state index contributed by atoms with van der Waals surface area (Å²) in [4.78, 5) is 9.88. The maximum absolute atomic E-state index is 12.4. The van der Waals surface area contributed by atoms with E-state index in [9.17, 15) is 26.3 Å². The van der Waals surface area contributed by atoms with E-state index in [0.29, 0.717) is 0 Å². The highest BCUT2D eigenvalue weighted by atomic mass is 19.4. The van der Waals surface area contributed by atoms with Gasteiger partial charge in [-0.15, -0.1) is 13.2 Å². The normalized spacial score (nSPS) is 12.1. The van der Waals surface area contributed by atoms with Gasteiger partial charge in [0.25, 0.3) is 0 Å². The Morgan fingerprint density at radius 1 is 0.957 bits per heavy atom. The maximum Gasteiger partial charge on any atom is 0.573 e. The maximum atomic E-state index is 12.4. The van der Waals surface area contributed by atoms with E-state index >= 15 is 0 Å². The lowest BCUT2D eigenvalue weighted by molar-refractivity contribution is -0.274. The highest BCUT2D eigenvalue weighted by molar-refractivity contribution is 5.71. The summed E-state index contributed by atoms with van der Waals surface area (Å²) in [6.07, 6.45) is -7.42. The molecule has 0 aliphatic rings. The third-order valence-corrected chi connectivity index (χ3v) is 2.57. The van der Waals surface area contributed by atoms with E-state index in [1.807, 2.05) is 0 Å². The van der Waals surface area contributed by atoms with Gasteiger partial charge in [-0.1, -0.05) is 0 Å². The molecule has 0 fully saturated rings. The highest BCUT2D eigenvalue weighted by Gasteiger charge is 2.35. The Morgan fingerprint density at radius 2 is 1.57 bits per heavy atom. The van der Waals surface area contributed by atoms with E-state index in [1.54, 1.807) is 0 Å². The molecule has 2 aromatic rings. The molecule has 2 heterocycles. The van der Waals surface area contributed by atoms with Crippen molar-refractivity contribution in [3.05, 3.63) is 30.5 Å². The molecule has 0 aliphatic carbocycles. The summed E-state index contributed by atoms with van der Waals surface area (Å²) in [5, 5.41) is 2.59. The quantitative estimate of drug-likeness (QED) is 0.868. The van der Waals surface area contributed by atoms with Crippen LogP contribution in [-0.4, -0.2) is 28.4 Å². The van der Waals surface area contributed by atoms with Gasteiger partial charge in [-0.2, -0.15) is 13.2 Å². The number of aromatic nitrogens is 3. The van der Waals surface area contributed by atoms with Crippen LogP contribution in [0.4, 0.5) is 32.2 Å². The number of hydrogen-bond acceptors (Lipinski definition) is 5. The predicted octanol–water partition coefficient (Wildman–Crippen LogP) is 3.50. The first kappa shape index (κ1) is 16.8. The van der Waals surface area contributed by atoms with Gasteiger partial charge in [-0.25, -0.2) is 15.0 Å². The minimum absolute atomic E-state index is 0.0869. The van der Waals surface area contributed by atoms with Crippen molar-refractivity contribution < 1.29 is 31.1 Å². The van der Waals surface area contributed by atoms with E-state index < -0.39 is 24.1 Å². The standard InChI is InChI=1S/C12H8F6N4O/c1-19-9-2-7(8(5-20-9)23-12(16,17)18)6-3-21-10(22-4-6)11(13,14)15/h2-5H,1H3,(H,19,20). The molecule has 5 nitrogen and oxygen atoms in total. The van der Waals surface area contributed by atoms with Gasteiger partial charge in [0.1, 0.15) is 5.82 Å². The minimum atomic E-state index is -4.98. The Labute approximate surface area is 125 Å². The van der Waals surface area contributed by atoms with Crippen LogP contribution in [0.15, 0.2) is 24.7 Å². The average Bonchev–Trinajstić information content (AvgIpc) is 2.45. The third-order valence-electron chi connectivity index (χ3n) is 2.57. The van der Waals surface area contributed by atoms with Crippen molar-refractivity contribution in [1.82, 2.24) is 15.0 Å². The van der Waals surface area contributed by atoms with Gasteiger partial charge in [0.2, 0.25) is 5.82 Å². The number of ether oxygens (including phenoxy) is 1. The van der Waals surface area contributed by atoms with Gasteiger partial charge < -0.3 is 10.1 Å². The average molecular weight is 338 g/mol. The molecule has 11 heteroatoms. The van der Waals surface area contributed by atoms with Crippen LogP contribution in [0, 0.1) is 0 Å². The van der Waals surface area contributed by atoms with Gasteiger partial charge in [0, 0.05) is 30.6 Å². The summed E-state index contributed by atoms with van der Waals surface area (Å²) in [7, 11) is 1.47. The van der Waals surface area contributed by atoms with Crippen molar-refractivity contribution in [2.75, 3.05) is 12.4 Å².